The number of anilines is 2. The minimum absolute atomic E-state index is 0.104. The van der Waals surface area contributed by atoms with Gasteiger partial charge in [-0.2, -0.15) is 0 Å². The number of nitrogens with one attached hydrogen (secondary N) is 2. The summed E-state index contributed by atoms with van der Waals surface area (Å²) in [6.45, 7) is 2.20. The topological polar surface area (TPSA) is 75.1 Å². The number of thiocarbonyl (C=S) groups is 1. The summed E-state index contributed by atoms with van der Waals surface area (Å²) in [5, 5.41) is 6.94. The first-order valence-corrected chi connectivity index (χ1v) is 11.4. The van der Waals surface area contributed by atoms with Crippen LogP contribution in [0.2, 0.25) is 0 Å². The van der Waals surface area contributed by atoms with E-state index in [9.17, 15) is 4.79 Å². The molecule has 3 aromatic heterocycles. The maximum Gasteiger partial charge on any atom is 0.221 e. The number of carbonyl (C=O) groups excluding carboxylic acids is 1. The molecule has 8 heteroatoms. The molecule has 4 heterocycles. The fourth-order valence-corrected chi connectivity index (χ4v) is 4.72. The predicted octanol–water partition coefficient (Wildman–Crippen LogP) is 4.46. The third-order valence-corrected chi connectivity index (χ3v) is 6.12. The van der Waals surface area contributed by atoms with Gasteiger partial charge in [0.25, 0.3) is 0 Å². The number of carbonyl (C=O) groups is 1. The molecular formula is C26H24N6OS. The molecule has 34 heavy (non-hydrogen) atoms. The molecule has 0 radical (unpaired) electrons. The molecule has 7 nitrogen and oxygen atoms in total. The molecule has 2 N–H and O–H groups in total. The number of nitrogens with zero attached hydrogens (tertiary/aromatic N) is 4. The van der Waals surface area contributed by atoms with Crippen LogP contribution in [0.1, 0.15) is 36.0 Å². The molecule has 170 valence electrons. The summed E-state index contributed by atoms with van der Waals surface area (Å²) in [5.74, 6) is -0.104. The molecule has 1 aliphatic heterocycles. The summed E-state index contributed by atoms with van der Waals surface area (Å²) >= 11 is 5.82. The van der Waals surface area contributed by atoms with Crippen LogP contribution in [0.15, 0.2) is 91.5 Å². The van der Waals surface area contributed by atoms with Gasteiger partial charge in [0.2, 0.25) is 5.91 Å². The van der Waals surface area contributed by atoms with Crippen molar-refractivity contribution in [2.75, 3.05) is 10.2 Å². The lowest BCUT2D eigenvalue weighted by Gasteiger charge is -2.29. The van der Waals surface area contributed by atoms with Gasteiger partial charge in [-0.1, -0.05) is 12.1 Å². The Morgan fingerprint density at radius 3 is 2.62 bits per heavy atom. The molecule has 2 atom stereocenters. The quantitative estimate of drug-likeness (QED) is 0.407. The van der Waals surface area contributed by atoms with E-state index in [1.807, 2.05) is 54.7 Å². The predicted molar refractivity (Wildman–Crippen MR) is 136 cm³/mol. The number of hydrogen-bond acceptors (Lipinski definition) is 4. The van der Waals surface area contributed by atoms with E-state index in [1.165, 1.54) is 6.92 Å². The molecule has 5 rings (SSSR count). The summed E-state index contributed by atoms with van der Waals surface area (Å²) in [7, 11) is 0. The number of hydrogen-bond donors (Lipinski definition) is 2. The summed E-state index contributed by atoms with van der Waals surface area (Å²) in [4.78, 5) is 22.5. The zero-order valence-electron chi connectivity index (χ0n) is 18.6. The zero-order chi connectivity index (χ0) is 23.5. The molecule has 1 amide bonds. The van der Waals surface area contributed by atoms with E-state index >= 15 is 0 Å². The Morgan fingerprint density at radius 1 is 1.06 bits per heavy atom. The average Bonchev–Trinajstić information content (AvgIpc) is 3.44. The lowest BCUT2D eigenvalue weighted by atomic mass is 10.0. The molecule has 1 aliphatic rings. The van der Waals surface area contributed by atoms with Crippen LogP contribution in [0.25, 0.3) is 0 Å². The first-order valence-electron chi connectivity index (χ1n) is 11.0. The lowest BCUT2D eigenvalue weighted by molar-refractivity contribution is -0.114. The van der Waals surface area contributed by atoms with Crippen LogP contribution in [-0.2, 0) is 11.3 Å². The Bertz CT molecular complexity index is 1290. The molecule has 0 saturated carbocycles. The summed E-state index contributed by atoms with van der Waals surface area (Å²) in [6, 6.07) is 21.6. The normalized spacial score (nSPS) is 17.4. The van der Waals surface area contributed by atoms with E-state index in [0.29, 0.717) is 11.7 Å². The molecule has 0 unspecified atom stereocenters. The smallest absolute Gasteiger partial charge is 0.221 e. The zero-order valence-corrected chi connectivity index (χ0v) is 19.4. The minimum Gasteiger partial charge on any atom is -0.351 e. The van der Waals surface area contributed by atoms with Gasteiger partial charge < -0.3 is 20.1 Å². The average molecular weight is 469 g/mol. The van der Waals surface area contributed by atoms with E-state index in [1.54, 1.807) is 12.4 Å². The second-order valence-corrected chi connectivity index (χ2v) is 8.53. The second-order valence-electron chi connectivity index (χ2n) is 8.15. The second kappa shape index (κ2) is 9.44. The highest BCUT2D eigenvalue weighted by molar-refractivity contribution is 7.80. The Hall–Kier alpha value is -4.04. The van der Waals surface area contributed by atoms with E-state index in [4.69, 9.17) is 12.2 Å². The van der Waals surface area contributed by atoms with Crippen LogP contribution in [-0.4, -0.2) is 25.6 Å². The van der Waals surface area contributed by atoms with Crippen LogP contribution in [0, 0.1) is 0 Å². The number of rotatable bonds is 6. The van der Waals surface area contributed by atoms with Crippen LogP contribution in [0.5, 0.6) is 0 Å². The first kappa shape index (κ1) is 21.8. The third-order valence-electron chi connectivity index (χ3n) is 5.81. The standard InChI is InChI=1S/C26H24N6OS/c1-18(33)29-20-9-11-21(12-10-20)32-25(24(30-26(32)34)22-7-2-3-14-28-22)23-8-5-15-31(23)17-19-6-4-13-27-16-19/h2-16,24-25H,17H2,1H3,(H,29,33)(H,30,34)/t24-,25+/m1/s1. The number of aromatic nitrogens is 3. The fourth-order valence-electron chi connectivity index (χ4n) is 4.37. The Balaban J connectivity index is 1.56. The van der Waals surface area contributed by atoms with Crippen molar-refractivity contribution < 1.29 is 4.79 Å². The molecule has 0 spiro atoms. The monoisotopic (exact) mass is 468 g/mol. The van der Waals surface area contributed by atoms with Gasteiger partial charge >= 0.3 is 0 Å². The highest BCUT2D eigenvalue weighted by atomic mass is 32.1. The Morgan fingerprint density at radius 2 is 1.91 bits per heavy atom. The highest BCUT2D eigenvalue weighted by Gasteiger charge is 2.42. The van der Waals surface area contributed by atoms with Crippen molar-refractivity contribution in [2.45, 2.75) is 25.6 Å². The van der Waals surface area contributed by atoms with Gasteiger partial charge in [0, 0.05) is 55.3 Å². The van der Waals surface area contributed by atoms with Gasteiger partial charge in [0.05, 0.1) is 11.7 Å². The maximum atomic E-state index is 11.4. The number of benzene rings is 1. The van der Waals surface area contributed by atoms with Gasteiger partial charge in [-0.15, -0.1) is 0 Å². The third kappa shape index (κ3) is 4.40. The fraction of sp³-hybridized carbons (Fsp3) is 0.154. The largest absolute Gasteiger partial charge is 0.351 e. The molecule has 4 aromatic rings. The van der Waals surface area contributed by atoms with Gasteiger partial charge in [0.15, 0.2) is 5.11 Å². The van der Waals surface area contributed by atoms with Gasteiger partial charge in [-0.25, -0.2) is 0 Å². The molecule has 0 aliphatic carbocycles. The van der Waals surface area contributed by atoms with Crippen molar-refractivity contribution in [2.24, 2.45) is 0 Å². The first-order chi connectivity index (χ1) is 16.6. The van der Waals surface area contributed by atoms with Gasteiger partial charge in [-0.05, 0) is 72.4 Å². The van der Waals surface area contributed by atoms with Crippen LogP contribution in [0.4, 0.5) is 11.4 Å². The van der Waals surface area contributed by atoms with Crippen molar-refractivity contribution in [1.82, 2.24) is 19.9 Å². The maximum absolute atomic E-state index is 11.4. The van der Waals surface area contributed by atoms with Crippen molar-refractivity contribution >= 4 is 34.6 Å². The van der Waals surface area contributed by atoms with Crippen LogP contribution < -0.4 is 15.5 Å². The van der Waals surface area contributed by atoms with Crippen molar-refractivity contribution in [3.63, 3.8) is 0 Å². The molecule has 0 bridgehead atoms. The van der Waals surface area contributed by atoms with Crippen molar-refractivity contribution in [3.05, 3.63) is 108 Å². The van der Waals surface area contributed by atoms with Crippen molar-refractivity contribution in [3.8, 4) is 0 Å². The molecule has 1 aromatic carbocycles. The summed E-state index contributed by atoms with van der Waals surface area (Å²) in [6.07, 6.45) is 7.55. The molecule has 1 fully saturated rings. The summed E-state index contributed by atoms with van der Waals surface area (Å²) in [5.41, 5.74) is 4.82. The Kier molecular flexibility index (Phi) is 6.05. The van der Waals surface area contributed by atoms with E-state index in [0.717, 1.165) is 28.3 Å². The minimum atomic E-state index is -0.133. The van der Waals surface area contributed by atoms with Gasteiger partial charge in [0.1, 0.15) is 6.04 Å². The number of pyridine rings is 2. The SMILES string of the molecule is CC(=O)Nc1ccc(N2C(=S)N[C@H](c3ccccn3)[C@@H]2c2cccn2Cc2cccnc2)cc1. The van der Waals surface area contributed by atoms with Crippen LogP contribution in [0.3, 0.4) is 0 Å². The van der Waals surface area contributed by atoms with Gasteiger partial charge in [-0.3, -0.25) is 14.8 Å². The van der Waals surface area contributed by atoms with E-state index < -0.39 is 0 Å². The van der Waals surface area contributed by atoms with Crippen LogP contribution >= 0.6 is 12.2 Å². The van der Waals surface area contributed by atoms with E-state index in [2.05, 4.69) is 54.5 Å². The number of amides is 1. The lowest BCUT2D eigenvalue weighted by Crippen LogP contribution is -2.30. The molecular weight excluding hydrogens is 444 g/mol. The van der Waals surface area contributed by atoms with Crippen molar-refractivity contribution in [1.29, 1.82) is 0 Å². The molecule has 1 saturated heterocycles. The summed E-state index contributed by atoms with van der Waals surface area (Å²) < 4.78 is 2.23. The Labute approximate surface area is 203 Å². The van der Waals surface area contributed by atoms with E-state index in [-0.39, 0.29) is 18.0 Å². The highest BCUT2D eigenvalue weighted by Crippen LogP contribution is 2.41.